The molecule has 1 aromatic heterocycles. The van der Waals surface area contributed by atoms with E-state index in [4.69, 9.17) is 5.73 Å². The Morgan fingerprint density at radius 1 is 1.32 bits per heavy atom. The molecule has 0 unspecified atom stereocenters. The first kappa shape index (κ1) is 13.1. The molecule has 0 atom stereocenters. The molecular weight excluding hydrogens is 242 g/mol. The number of rotatable bonds is 6. The van der Waals surface area contributed by atoms with Crippen molar-refractivity contribution in [2.45, 2.75) is 19.3 Å². The number of phenolic OH excluding ortho intramolecular Hbond substituents is 1. The van der Waals surface area contributed by atoms with Gasteiger partial charge in [-0.2, -0.15) is 0 Å². The predicted octanol–water partition coefficient (Wildman–Crippen LogP) is 2.01. The van der Waals surface area contributed by atoms with Gasteiger partial charge in [-0.1, -0.05) is 6.07 Å². The second kappa shape index (κ2) is 6.04. The van der Waals surface area contributed by atoms with Gasteiger partial charge >= 0.3 is 0 Å². The van der Waals surface area contributed by atoms with E-state index in [1.54, 1.807) is 18.3 Å². The Morgan fingerprint density at radius 3 is 2.95 bits per heavy atom. The van der Waals surface area contributed by atoms with Gasteiger partial charge in [-0.15, -0.1) is 0 Å². The number of amides is 1. The van der Waals surface area contributed by atoms with Gasteiger partial charge in [0.1, 0.15) is 11.6 Å². The van der Waals surface area contributed by atoms with Crippen molar-refractivity contribution in [2.24, 2.45) is 5.73 Å². The summed E-state index contributed by atoms with van der Waals surface area (Å²) in [5.41, 5.74) is 5.08. The number of phenols is 1. The fourth-order valence-corrected chi connectivity index (χ4v) is 1.93. The van der Waals surface area contributed by atoms with Crippen molar-refractivity contribution >= 4 is 22.5 Å². The highest BCUT2D eigenvalue weighted by Crippen LogP contribution is 2.24. The molecule has 0 spiro atoms. The maximum Gasteiger partial charge on any atom is 0.217 e. The number of pyridine rings is 1. The summed E-state index contributed by atoms with van der Waals surface area (Å²) in [6.07, 6.45) is 3.74. The lowest BCUT2D eigenvalue weighted by atomic mass is 10.1. The third-order valence-corrected chi connectivity index (χ3v) is 2.89. The normalized spacial score (nSPS) is 10.5. The molecule has 0 radical (unpaired) electrons. The number of hydrogen-bond acceptors (Lipinski definition) is 4. The highest BCUT2D eigenvalue weighted by molar-refractivity contribution is 5.92. The zero-order valence-corrected chi connectivity index (χ0v) is 10.6. The minimum absolute atomic E-state index is 0.220. The van der Waals surface area contributed by atoms with E-state index in [2.05, 4.69) is 10.3 Å². The number of aromatic hydroxyl groups is 1. The minimum Gasteiger partial charge on any atom is -0.508 e. The van der Waals surface area contributed by atoms with Crippen molar-refractivity contribution in [1.82, 2.24) is 4.98 Å². The number of primary amides is 1. The average molecular weight is 259 g/mol. The van der Waals surface area contributed by atoms with Crippen LogP contribution in [0.15, 0.2) is 30.5 Å². The van der Waals surface area contributed by atoms with Crippen LogP contribution < -0.4 is 11.1 Å². The van der Waals surface area contributed by atoms with Crippen LogP contribution in [0.25, 0.3) is 10.8 Å². The van der Waals surface area contributed by atoms with Crippen LogP contribution in [0.3, 0.4) is 0 Å². The van der Waals surface area contributed by atoms with Gasteiger partial charge in [-0.25, -0.2) is 4.98 Å². The van der Waals surface area contributed by atoms with Gasteiger partial charge in [0.2, 0.25) is 5.91 Å². The first-order chi connectivity index (χ1) is 9.16. The van der Waals surface area contributed by atoms with Crippen LogP contribution in [0.1, 0.15) is 19.3 Å². The van der Waals surface area contributed by atoms with Crippen molar-refractivity contribution < 1.29 is 9.90 Å². The fourth-order valence-electron chi connectivity index (χ4n) is 1.93. The predicted molar refractivity (Wildman–Crippen MR) is 74.9 cm³/mol. The molecule has 0 bridgehead atoms. The molecule has 0 aliphatic rings. The molecule has 1 amide bonds. The molecule has 0 fully saturated rings. The van der Waals surface area contributed by atoms with E-state index in [9.17, 15) is 9.90 Å². The smallest absolute Gasteiger partial charge is 0.217 e. The SMILES string of the molecule is NC(=O)CCCCNc1nccc2ccc(O)cc12. The number of carbonyl (C=O) groups is 1. The highest BCUT2D eigenvalue weighted by atomic mass is 16.3. The van der Waals surface area contributed by atoms with E-state index in [0.29, 0.717) is 6.42 Å². The molecule has 2 aromatic rings. The zero-order chi connectivity index (χ0) is 13.7. The first-order valence-electron chi connectivity index (χ1n) is 6.27. The lowest BCUT2D eigenvalue weighted by molar-refractivity contribution is -0.118. The quantitative estimate of drug-likeness (QED) is 0.692. The number of carbonyl (C=O) groups excluding carboxylic acids is 1. The van der Waals surface area contributed by atoms with Crippen LogP contribution in [0.4, 0.5) is 5.82 Å². The van der Waals surface area contributed by atoms with Crippen LogP contribution >= 0.6 is 0 Å². The maximum absolute atomic E-state index is 10.6. The summed E-state index contributed by atoms with van der Waals surface area (Å²) in [4.78, 5) is 14.9. The topological polar surface area (TPSA) is 88.2 Å². The molecule has 4 N–H and O–H groups in total. The van der Waals surface area contributed by atoms with E-state index in [1.165, 1.54) is 0 Å². The van der Waals surface area contributed by atoms with Crippen LogP contribution in [-0.2, 0) is 4.79 Å². The Hall–Kier alpha value is -2.30. The summed E-state index contributed by atoms with van der Waals surface area (Å²) in [6, 6.07) is 7.09. The number of fused-ring (bicyclic) bond motifs is 1. The Bertz CT molecular complexity index is 584. The first-order valence-corrected chi connectivity index (χ1v) is 6.27. The van der Waals surface area contributed by atoms with E-state index >= 15 is 0 Å². The summed E-state index contributed by atoms with van der Waals surface area (Å²) in [5.74, 6) is 0.693. The maximum atomic E-state index is 10.6. The van der Waals surface area contributed by atoms with Crippen molar-refractivity contribution in [1.29, 1.82) is 0 Å². The number of unbranched alkanes of at least 4 members (excludes halogenated alkanes) is 1. The van der Waals surface area contributed by atoms with Gasteiger partial charge in [-0.05, 0) is 36.4 Å². The standard InChI is InChI=1S/C14H17N3O2/c15-13(19)3-1-2-7-16-14-12-9-11(18)5-4-10(12)6-8-17-14/h4-6,8-9,18H,1-3,7H2,(H2,15,19)(H,16,17). The van der Waals surface area contributed by atoms with Crippen LogP contribution in [-0.4, -0.2) is 22.5 Å². The van der Waals surface area contributed by atoms with Crippen LogP contribution in [0, 0.1) is 0 Å². The lowest BCUT2D eigenvalue weighted by Crippen LogP contribution is -2.11. The van der Waals surface area contributed by atoms with Gasteiger partial charge in [0.05, 0.1) is 0 Å². The largest absolute Gasteiger partial charge is 0.508 e. The molecule has 5 nitrogen and oxygen atoms in total. The van der Waals surface area contributed by atoms with Crippen LogP contribution in [0.2, 0.25) is 0 Å². The Morgan fingerprint density at radius 2 is 2.16 bits per heavy atom. The van der Waals surface area contributed by atoms with Gasteiger partial charge in [0.25, 0.3) is 0 Å². The Balaban J connectivity index is 2.00. The number of aromatic nitrogens is 1. The molecule has 1 heterocycles. The van der Waals surface area contributed by atoms with Gasteiger partial charge < -0.3 is 16.2 Å². The molecule has 100 valence electrons. The van der Waals surface area contributed by atoms with E-state index in [0.717, 1.165) is 36.0 Å². The molecule has 0 saturated heterocycles. The van der Waals surface area contributed by atoms with Crippen molar-refractivity contribution in [2.75, 3.05) is 11.9 Å². The molecule has 0 aliphatic carbocycles. The minimum atomic E-state index is -0.270. The number of nitrogens with zero attached hydrogens (tertiary/aromatic N) is 1. The summed E-state index contributed by atoms with van der Waals surface area (Å²) in [5, 5.41) is 14.6. The molecule has 5 heteroatoms. The number of anilines is 1. The van der Waals surface area contributed by atoms with Crippen molar-refractivity contribution in [3.05, 3.63) is 30.5 Å². The lowest BCUT2D eigenvalue weighted by Gasteiger charge is -2.08. The Kier molecular flexibility index (Phi) is 4.18. The molecule has 0 aliphatic heterocycles. The second-order valence-corrected chi connectivity index (χ2v) is 4.42. The fraction of sp³-hybridized carbons (Fsp3) is 0.286. The summed E-state index contributed by atoms with van der Waals surface area (Å²) in [7, 11) is 0. The molecular formula is C14H17N3O2. The zero-order valence-electron chi connectivity index (χ0n) is 10.6. The number of hydrogen-bond donors (Lipinski definition) is 3. The van der Waals surface area contributed by atoms with Crippen LogP contribution in [0.5, 0.6) is 5.75 Å². The van der Waals surface area contributed by atoms with Gasteiger partial charge in [0.15, 0.2) is 0 Å². The number of nitrogens with two attached hydrogens (primary N) is 1. The highest BCUT2D eigenvalue weighted by Gasteiger charge is 2.03. The summed E-state index contributed by atoms with van der Waals surface area (Å²) in [6.45, 7) is 0.717. The number of nitrogens with one attached hydrogen (secondary N) is 1. The van der Waals surface area contributed by atoms with Crippen molar-refractivity contribution in [3.63, 3.8) is 0 Å². The third-order valence-electron chi connectivity index (χ3n) is 2.89. The molecule has 1 aromatic carbocycles. The average Bonchev–Trinajstić information content (AvgIpc) is 2.38. The summed E-state index contributed by atoms with van der Waals surface area (Å²) < 4.78 is 0. The van der Waals surface area contributed by atoms with Gasteiger partial charge in [-0.3, -0.25) is 4.79 Å². The molecule has 19 heavy (non-hydrogen) atoms. The monoisotopic (exact) mass is 259 g/mol. The van der Waals surface area contributed by atoms with Gasteiger partial charge in [0, 0.05) is 24.5 Å². The van der Waals surface area contributed by atoms with E-state index in [1.807, 2.05) is 12.1 Å². The summed E-state index contributed by atoms with van der Waals surface area (Å²) >= 11 is 0. The molecule has 2 rings (SSSR count). The van der Waals surface area contributed by atoms with Crippen molar-refractivity contribution in [3.8, 4) is 5.75 Å². The van der Waals surface area contributed by atoms with E-state index in [-0.39, 0.29) is 11.7 Å². The van der Waals surface area contributed by atoms with E-state index < -0.39 is 0 Å². The molecule has 0 saturated carbocycles. The third kappa shape index (κ3) is 3.58. The Labute approximate surface area is 111 Å². The second-order valence-electron chi connectivity index (χ2n) is 4.42. The number of benzene rings is 1.